The van der Waals surface area contributed by atoms with Crippen molar-refractivity contribution in [1.29, 1.82) is 0 Å². The Bertz CT molecular complexity index is 405. The van der Waals surface area contributed by atoms with E-state index in [1.54, 1.807) is 0 Å². The first-order valence-electron chi connectivity index (χ1n) is 5.29. The molecule has 5 heteroatoms. The van der Waals surface area contributed by atoms with Crippen LogP contribution in [0, 0.1) is 13.8 Å². The van der Waals surface area contributed by atoms with Crippen molar-refractivity contribution in [2.75, 3.05) is 6.54 Å². The number of nitrogens with zero attached hydrogens (tertiary/aromatic N) is 2. The Morgan fingerprint density at radius 2 is 2.19 bits per heavy atom. The van der Waals surface area contributed by atoms with Gasteiger partial charge in [0, 0.05) is 13.0 Å². The van der Waals surface area contributed by atoms with Crippen LogP contribution < -0.4 is 5.32 Å². The lowest BCUT2D eigenvalue weighted by molar-refractivity contribution is 0.370. The van der Waals surface area contributed by atoms with Gasteiger partial charge in [-0.3, -0.25) is 0 Å². The van der Waals surface area contributed by atoms with Gasteiger partial charge >= 0.3 is 0 Å². The first-order valence-corrected chi connectivity index (χ1v) is 5.29. The SMILES string of the molecule is Cc1noc(CCNCc2ccc(C)o2)n1. The zero-order chi connectivity index (χ0) is 11.4. The fourth-order valence-electron chi connectivity index (χ4n) is 1.43. The van der Waals surface area contributed by atoms with Crippen molar-refractivity contribution >= 4 is 0 Å². The summed E-state index contributed by atoms with van der Waals surface area (Å²) >= 11 is 0. The van der Waals surface area contributed by atoms with Crippen LogP contribution in [0.15, 0.2) is 21.1 Å². The van der Waals surface area contributed by atoms with Crippen molar-refractivity contribution in [3.05, 3.63) is 35.4 Å². The molecule has 0 unspecified atom stereocenters. The van der Waals surface area contributed by atoms with Gasteiger partial charge in [-0.05, 0) is 26.0 Å². The Morgan fingerprint density at radius 1 is 1.31 bits per heavy atom. The second kappa shape index (κ2) is 4.94. The Kier molecular flexibility index (Phi) is 3.36. The molecule has 0 radical (unpaired) electrons. The van der Waals surface area contributed by atoms with Crippen molar-refractivity contribution in [3.63, 3.8) is 0 Å². The summed E-state index contributed by atoms with van der Waals surface area (Å²) in [4.78, 5) is 4.12. The van der Waals surface area contributed by atoms with E-state index in [2.05, 4.69) is 15.5 Å². The van der Waals surface area contributed by atoms with Gasteiger partial charge in [0.2, 0.25) is 5.89 Å². The predicted octanol–water partition coefficient (Wildman–Crippen LogP) is 1.61. The molecule has 0 fully saturated rings. The van der Waals surface area contributed by atoms with Crippen molar-refractivity contribution < 1.29 is 8.94 Å². The minimum Gasteiger partial charge on any atom is -0.465 e. The number of rotatable bonds is 5. The maximum atomic E-state index is 5.43. The molecule has 0 aliphatic heterocycles. The second-order valence-corrected chi connectivity index (χ2v) is 3.67. The number of nitrogens with one attached hydrogen (secondary N) is 1. The second-order valence-electron chi connectivity index (χ2n) is 3.67. The summed E-state index contributed by atoms with van der Waals surface area (Å²) in [6.07, 6.45) is 0.737. The minimum atomic E-state index is 0.667. The summed E-state index contributed by atoms with van der Waals surface area (Å²) in [5.74, 6) is 3.22. The molecule has 0 amide bonds. The molecule has 2 rings (SSSR count). The molecular formula is C11H15N3O2. The Hall–Kier alpha value is -1.62. The fraction of sp³-hybridized carbons (Fsp3) is 0.455. The Labute approximate surface area is 93.8 Å². The highest BCUT2D eigenvalue weighted by Crippen LogP contribution is 2.05. The molecule has 0 saturated carbocycles. The van der Waals surface area contributed by atoms with Crippen LogP contribution in [0.5, 0.6) is 0 Å². The van der Waals surface area contributed by atoms with E-state index in [-0.39, 0.29) is 0 Å². The number of hydrogen-bond acceptors (Lipinski definition) is 5. The molecule has 0 aliphatic rings. The third-order valence-corrected chi connectivity index (χ3v) is 2.18. The lowest BCUT2D eigenvalue weighted by Gasteiger charge is -1.99. The van der Waals surface area contributed by atoms with E-state index in [4.69, 9.17) is 8.94 Å². The van der Waals surface area contributed by atoms with Crippen LogP contribution in [0.3, 0.4) is 0 Å². The molecule has 0 bridgehead atoms. The van der Waals surface area contributed by atoms with Crippen molar-refractivity contribution in [2.45, 2.75) is 26.8 Å². The van der Waals surface area contributed by atoms with Gasteiger partial charge in [0.05, 0.1) is 6.54 Å². The molecule has 86 valence electrons. The van der Waals surface area contributed by atoms with Crippen LogP contribution in [-0.4, -0.2) is 16.7 Å². The fourth-order valence-corrected chi connectivity index (χ4v) is 1.43. The van der Waals surface area contributed by atoms with E-state index in [9.17, 15) is 0 Å². The van der Waals surface area contributed by atoms with Crippen LogP contribution >= 0.6 is 0 Å². The highest BCUT2D eigenvalue weighted by Gasteiger charge is 2.02. The molecule has 16 heavy (non-hydrogen) atoms. The van der Waals surface area contributed by atoms with Gasteiger partial charge in [0.15, 0.2) is 5.82 Å². The van der Waals surface area contributed by atoms with E-state index in [1.807, 2.05) is 26.0 Å². The molecule has 2 aromatic rings. The molecule has 2 aromatic heterocycles. The summed E-state index contributed by atoms with van der Waals surface area (Å²) < 4.78 is 10.4. The maximum Gasteiger partial charge on any atom is 0.227 e. The number of furan rings is 1. The number of hydrogen-bond donors (Lipinski definition) is 1. The topological polar surface area (TPSA) is 64.1 Å². The van der Waals surface area contributed by atoms with Crippen molar-refractivity contribution in [1.82, 2.24) is 15.5 Å². The third-order valence-electron chi connectivity index (χ3n) is 2.18. The number of aromatic nitrogens is 2. The zero-order valence-corrected chi connectivity index (χ0v) is 9.49. The summed E-state index contributed by atoms with van der Waals surface area (Å²) in [6.45, 7) is 5.26. The minimum absolute atomic E-state index is 0.667. The van der Waals surface area contributed by atoms with E-state index in [0.29, 0.717) is 11.7 Å². The van der Waals surface area contributed by atoms with Gasteiger partial charge in [-0.25, -0.2) is 0 Å². The highest BCUT2D eigenvalue weighted by molar-refractivity contribution is 5.05. The molecule has 2 heterocycles. The largest absolute Gasteiger partial charge is 0.465 e. The standard InChI is InChI=1S/C11H15N3O2/c1-8-3-4-10(15-8)7-12-6-5-11-13-9(2)14-16-11/h3-4,12H,5-7H2,1-2H3. The van der Waals surface area contributed by atoms with Gasteiger partial charge in [0.25, 0.3) is 0 Å². The van der Waals surface area contributed by atoms with E-state index >= 15 is 0 Å². The van der Waals surface area contributed by atoms with Crippen molar-refractivity contribution in [3.8, 4) is 0 Å². The average molecular weight is 221 g/mol. The van der Waals surface area contributed by atoms with E-state index in [0.717, 1.165) is 31.0 Å². The van der Waals surface area contributed by atoms with E-state index in [1.165, 1.54) is 0 Å². The zero-order valence-electron chi connectivity index (χ0n) is 9.49. The maximum absolute atomic E-state index is 5.43. The van der Waals surface area contributed by atoms with Gasteiger partial charge in [-0.1, -0.05) is 5.16 Å². The Morgan fingerprint density at radius 3 is 2.81 bits per heavy atom. The average Bonchev–Trinajstić information content (AvgIpc) is 2.83. The Balaban J connectivity index is 1.69. The molecule has 0 aliphatic carbocycles. The predicted molar refractivity (Wildman–Crippen MR) is 57.9 cm³/mol. The summed E-state index contributed by atoms with van der Waals surface area (Å²) in [5, 5.41) is 6.98. The van der Waals surface area contributed by atoms with Crippen LogP contribution in [0.25, 0.3) is 0 Å². The van der Waals surface area contributed by atoms with Gasteiger partial charge in [-0.2, -0.15) is 4.98 Å². The molecular weight excluding hydrogens is 206 g/mol. The van der Waals surface area contributed by atoms with Gasteiger partial charge in [-0.15, -0.1) is 0 Å². The highest BCUT2D eigenvalue weighted by atomic mass is 16.5. The molecule has 0 spiro atoms. The lowest BCUT2D eigenvalue weighted by Crippen LogP contribution is -2.16. The van der Waals surface area contributed by atoms with Crippen LogP contribution in [-0.2, 0) is 13.0 Å². The van der Waals surface area contributed by atoms with Gasteiger partial charge in [0.1, 0.15) is 11.5 Å². The molecule has 1 N–H and O–H groups in total. The molecule has 0 aromatic carbocycles. The monoisotopic (exact) mass is 221 g/mol. The normalized spacial score (nSPS) is 10.9. The van der Waals surface area contributed by atoms with Crippen LogP contribution in [0.2, 0.25) is 0 Å². The quantitative estimate of drug-likeness (QED) is 0.777. The van der Waals surface area contributed by atoms with Crippen LogP contribution in [0.1, 0.15) is 23.2 Å². The third kappa shape index (κ3) is 2.93. The van der Waals surface area contributed by atoms with Gasteiger partial charge < -0.3 is 14.3 Å². The van der Waals surface area contributed by atoms with E-state index < -0.39 is 0 Å². The molecule has 0 atom stereocenters. The van der Waals surface area contributed by atoms with Crippen molar-refractivity contribution in [2.24, 2.45) is 0 Å². The summed E-state index contributed by atoms with van der Waals surface area (Å²) in [5.41, 5.74) is 0. The summed E-state index contributed by atoms with van der Waals surface area (Å²) in [6, 6.07) is 3.93. The smallest absolute Gasteiger partial charge is 0.227 e. The first-order chi connectivity index (χ1) is 7.74. The molecule has 0 saturated heterocycles. The van der Waals surface area contributed by atoms with Crippen LogP contribution in [0.4, 0.5) is 0 Å². The number of aryl methyl sites for hydroxylation is 2. The molecule has 5 nitrogen and oxygen atoms in total. The lowest BCUT2D eigenvalue weighted by atomic mass is 10.4. The first kappa shape index (κ1) is 10.9. The summed E-state index contributed by atoms with van der Waals surface area (Å²) in [7, 11) is 0.